The Hall–Kier alpha value is -0.490. The monoisotopic (exact) mass is 306 g/mol. The van der Waals surface area contributed by atoms with Crippen molar-refractivity contribution < 1.29 is 9.84 Å². The first kappa shape index (κ1) is 9.08. The van der Waals surface area contributed by atoms with Gasteiger partial charge < -0.3 is 9.84 Å². The molecule has 0 radical (unpaired) electrons. The Kier molecular flexibility index (Phi) is 2.33. The van der Waals surface area contributed by atoms with E-state index in [2.05, 4.69) is 22.6 Å². The molecule has 0 amide bonds. The molecule has 13 heavy (non-hydrogen) atoms. The summed E-state index contributed by atoms with van der Waals surface area (Å²) in [7, 11) is 1.64. The first-order valence-electron chi connectivity index (χ1n) is 3.67. The minimum atomic E-state index is 0.323. The fourth-order valence-electron chi connectivity index (χ4n) is 1.23. The molecule has 68 valence electrons. The lowest BCUT2D eigenvalue weighted by Gasteiger charge is -2.01. The van der Waals surface area contributed by atoms with Gasteiger partial charge in [0.05, 0.1) is 14.7 Å². The lowest BCUT2D eigenvalue weighted by Crippen LogP contribution is -1.81. The van der Waals surface area contributed by atoms with Crippen LogP contribution >= 0.6 is 33.9 Å². The number of aromatic hydroxyl groups is 1. The zero-order valence-corrected chi connectivity index (χ0v) is 9.85. The van der Waals surface area contributed by atoms with E-state index in [1.807, 2.05) is 6.07 Å². The fourth-order valence-corrected chi connectivity index (χ4v) is 3.02. The Morgan fingerprint density at radius 2 is 2.23 bits per heavy atom. The second-order valence-electron chi connectivity index (χ2n) is 2.58. The van der Waals surface area contributed by atoms with Crippen molar-refractivity contribution in [2.24, 2.45) is 0 Å². The maximum Gasteiger partial charge on any atom is 0.133 e. The number of thiophene rings is 1. The molecule has 0 saturated carbocycles. The van der Waals surface area contributed by atoms with Crippen LogP contribution in [0.5, 0.6) is 11.5 Å². The average molecular weight is 306 g/mol. The van der Waals surface area contributed by atoms with Gasteiger partial charge in [0.1, 0.15) is 11.5 Å². The van der Waals surface area contributed by atoms with Crippen molar-refractivity contribution in [3.63, 3.8) is 0 Å². The van der Waals surface area contributed by atoms with Crippen molar-refractivity contribution in [2.45, 2.75) is 0 Å². The molecule has 1 aromatic heterocycles. The van der Waals surface area contributed by atoms with Gasteiger partial charge in [-0.25, -0.2) is 0 Å². The van der Waals surface area contributed by atoms with Crippen LogP contribution in [0, 0.1) is 2.88 Å². The second-order valence-corrected chi connectivity index (χ2v) is 5.53. The van der Waals surface area contributed by atoms with Gasteiger partial charge in [-0.2, -0.15) is 0 Å². The van der Waals surface area contributed by atoms with Crippen LogP contribution in [-0.4, -0.2) is 12.2 Å². The van der Waals surface area contributed by atoms with Gasteiger partial charge in [0.15, 0.2) is 0 Å². The van der Waals surface area contributed by atoms with E-state index in [0.717, 1.165) is 18.7 Å². The number of phenols is 1. The summed E-state index contributed by atoms with van der Waals surface area (Å²) in [4.78, 5) is 0. The van der Waals surface area contributed by atoms with Crippen LogP contribution < -0.4 is 4.74 Å². The van der Waals surface area contributed by atoms with Gasteiger partial charge in [-0.05, 0) is 40.8 Å². The molecule has 0 aliphatic heterocycles. The molecule has 0 aliphatic rings. The molecule has 2 nitrogen and oxygen atoms in total. The van der Waals surface area contributed by atoms with Crippen molar-refractivity contribution >= 4 is 44.0 Å². The molecular formula is C9H7IO2S. The Morgan fingerprint density at radius 3 is 2.92 bits per heavy atom. The van der Waals surface area contributed by atoms with Gasteiger partial charge in [0.2, 0.25) is 0 Å². The minimum Gasteiger partial charge on any atom is -0.506 e. The number of ether oxygens (including phenoxy) is 1. The third-order valence-electron chi connectivity index (χ3n) is 1.81. The number of halogens is 1. The molecule has 0 unspecified atom stereocenters. The van der Waals surface area contributed by atoms with E-state index in [-0.39, 0.29) is 0 Å². The summed E-state index contributed by atoms with van der Waals surface area (Å²) in [6.45, 7) is 0. The smallest absolute Gasteiger partial charge is 0.133 e. The molecule has 2 rings (SSSR count). The molecule has 1 heterocycles. The highest BCUT2D eigenvalue weighted by atomic mass is 127. The van der Waals surface area contributed by atoms with Crippen LogP contribution in [0.3, 0.4) is 0 Å². The summed E-state index contributed by atoms with van der Waals surface area (Å²) in [6, 6.07) is 5.45. The molecule has 0 spiro atoms. The first-order chi connectivity index (χ1) is 6.22. The Balaban J connectivity index is 2.83. The number of benzene rings is 1. The Bertz CT molecular complexity index is 450. The fraction of sp³-hybridized carbons (Fsp3) is 0.111. The molecule has 1 N–H and O–H groups in total. The number of fused-ring (bicyclic) bond motifs is 1. The zero-order chi connectivity index (χ0) is 9.42. The van der Waals surface area contributed by atoms with E-state index < -0.39 is 0 Å². The molecule has 0 bridgehead atoms. The molecule has 0 atom stereocenters. The molecule has 4 heteroatoms. The van der Waals surface area contributed by atoms with Gasteiger partial charge in [-0.3, -0.25) is 0 Å². The van der Waals surface area contributed by atoms with Crippen LogP contribution in [0.2, 0.25) is 0 Å². The number of rotatable bonds is 1. The van der Waals surface area contributed by atoms with E-state index in [4.69, 9.17) is 4.74 Å². The highest BCUT2D eigenvalue weighted by Gasteiger charge is 2.08. The third-order valence-corrected chi connectivity index (χ3v) is 3.73. The summed E-state index contributed by atoms with van der Waals surface area (Å²) < 4.78 is 7.23. The van der Waals surface area contributed by atoms with Crippen molar-refractivity contribution in [1.82, 2.24) is 0 Å². The summed E-state index contributed by atoms with van der Waals surface area (Å²) in [5.41, 5.74) is 0. The topological polar surface area (TPSA) is 29.5 Å². The predicted molar refractivity (Wildman–Crippen MR) is 62.8 cm³/mol. The number of methoxy groups -OCH3 is 1. The molecule has 0 aliphatic carbocycles. The SMILES string of the molecule is COc1ccc(O)c2sc(I)cc12. The van der Waals surface area contributed by atoms with E-state index in [0.29, 0.717) is 5.75 Å². The third kappa shape index (κ3) is 1.48. The van der Waals surface area contributed by atoms with Crippen molar-refractivity contribution in [2.75, 3.05) is 7.11 Å². The molecular weight excluding hydrogens is 299 g/mol. The quantitative estimate of drug-likeness (QED) is 0.820. The van der Waals surface area contributed by atoms with Gasteiger partial charge in [0, 0.05) is 5.39 Å². The van der Waals surface area contributed by atoms with Crippen molar-refractivity contribution in [1.29, 1.82) is 0 Å². The highest BCUT2D eigenvalue weighted by Crippen LogP contribution is 2.38. The normalized spacial score (nSPS) is 10.6. The lowest BCUT2D eigenvalue weighted by molar-refractivity contribution is 0.418. The molecule has 0 fully saturated rings. The number of phenolic OH excluding ortho intramolecular Hbond substituents is 1. The largest absolute Gasteiger partial charge is 0.506 e. The Labute approximate surface area is 93.3 Å². The molecule has 2 aromatic rings. The van der Waals surface area contributed by atoms with Crippen molar-refractivity contribution in [3.05, 3.63) is 21.1 Å². The average Bonchev–Trinajstić information content (AvgIpc) is 2.48. The van der Waals surface area contributed by atoms with Gasteiger partial charge in [-0.1, -0.05) is 0 Å². The van der Waals surface area contributed by atoms with Crippen LogP contribution in [0.4, 0.5) is 0 Å². The zero-order valence-electron chi connectivity index (χ0n) is 6.87. The Morgan fingerprint density at radius 1 is 1.46 bits per heavy atom. The summed E-state index contributed by atoms with van der Waals surface area (Å²) in [6.07, 6.45) is 0. The summed E-state index contributed by atoms with van der Waals surface area (Å²) in [5.74, 6) is 1.13. The maximum atomic E-state index is 9.56. The van der Waals surface area contributed by atoms with Crippen LogP contribution in [0.25, 0.3) is 10.1 Å². The van der Waals surface area contributed by atoms with E-state index in [9.17, 15) is 5.11 Å². The predicted octanol–water partition coefficient (Wildman–Crippen LogP) is 3.22. The van der Waals surface area contributed by atoms with Gasteiger partial charge >= 0.3 is 0 Å². The number of hydrogen-bond donors (Lipinski definition) is 1. The van der Waals surface area contributed by atoms with Crippen LogP contribution in [0.1, 0.15) is 0 Å². The molecule has 0 saturated heterocycles. The number of hydrogen-bond acceptors (Lipinski definition) is 3. The van der Waals surface area contributed by atoms with E-state index in [1.54, 1.807) is 30.6 Å². The van der Waals surface area contributed by atoms with Crippen LogP contribution in [0.15, 0.2) is 18.2 Å². The highest BCUT2D eigenvalue weighted by molar-refractivity contribution is 14.1. The van der Waals surface area contributed by atoms with E-state index >= 15 is 0 Å². The lowest BCUT2D eigenvalue weighted by atomic mass is 10.2. The first-order valence-corrected chi connectivity index (χ1v) is 5.57. The van der Waals surface area contributed by atoms with Gasteiger partial charge in [-0.15, -0.1) is 11.3 Å². The van der Waals surface area contributed by atoms with E-state index in [1.165, 1.54) is 0 Å². The minimum absolute atomic E-state index is 0.323. The second kappa shape index (κ2) is 3.34. The standard InChI is InChI=1S/C9H7IO2S/c1-12-7-3-2-6(11)9-5(7)4-8(10)13-9/h2-4,11H,1H3. The van der Waals surface area contributed by atoms with Crippen LogP contribution in [-0.2, 0) is 0 Å². The summed E-state index contributed by atoms with van der Waals surface area (Å²) in [5, 5.41) is 10.5. The summed E-state index contributed by atoms with van der Waals surface area (Å²) >= 11 is 3.80. The molecule has 1 aromatic carbocycles. The van der Waals surface area contributed by atoms with Crippen molar-refractivity contribution in [3.8, 4) is 11.5 Å². The maximum absolute atomic E-state index is 9.56. The van der Waals surface area contributed by atoms with Gasteiger partial charge in [0.25, 0.3) is 0 Å².